The highest BCUT2D eigenvalue weighted by Gasteiger charge is 2.59. The van der Waals surface area contributed by atoms with Gasteiger partial charge in [0.25, 0.3) is 5.91 Å². The number of aliphatic carboxylic acids is 1. The number of hydrogen-bond acceptors (Lipinski definition) is 5. The molecule has 11 heteroatoms. The van der Waals surface area contributed by atoms with Crippen molar-refractivity contribution in [1.82, 2.24) is 4.90 Å². The van der Waals surface area contributed by atoms with Gasteiger partial charge in [0, 0.05) is 48.3 Å². The number of rotatable bonds is 10. The first-order valence-electron chi connectivity index (χ1n) is 14.5. The number of amides is 1. The van der Waals surface area contributed by atoms with E-state index >= 15 is 8.78 Å². The predicted octanol–water partition coefficient (Wildman–Crippen LogP) is 7.16. The fourth-order valence-electron chi connectivity index (χ4n) is 6.60. The highest BCUT2D eigenvalue weighted by atomic mass is 35.5. The Bertz CT molecular complexity index is 1550. The summed E-state index contributed by atoms with van der Waals surface area (Å²) < 4.78 is 44.8. The molecule has 0 radical (unpaired) electrons. The lowest BCUT2D eigenvalue weighted by Gasteiger charge is -2.44. The topological polar surface area (TPSA) is 96.3 Å². The summed E-state index contributed by atoms with van der Waals surface area (Å²) in [6, 6.07) is 13.8. The molecule has 0 spiro atoms. The molecule has 0 aliphatic carbocycles. The molecule has 2 N–H and O–H groups in total. The number of fused-ring (bicyclic) bond motifs is 1. The van der Waals surface area contributed by atoms with Crippen molar-refractivity contribution >= 4 is 35.1 Å². The summed E-state index contributed by atoms with van der Waals surface area (Å²) in [5.41, 5.74) is -5.90. The van der Waals surface area contributed by atoms with Gasteiger partial charge in [0.05, 0.1) is 23.6 Å². The molecular formula is C33H33Cl2F2NO6. The molecule has 1 unspecified atom stereocenters. The maximum absolute atomic E-state index is 16.7. The van der Waals surface area contributed by atoms with Crippen LogP contribution in [0.4, 0.5) is 8.78 Å². The van der Waals surface area contributed by atoms with Gasteiger partial charge in [-0.3, -0.25) is 14.5 Å². The normalized spacial score (nSPS) is 21.5. The Labute approximate surface area is 264 Å². The number of halogens is 4. The molecule has 0 bridgehead atoms. The van der Waals surface area contributed by atoms with Crippen molar-refractivity contribution in [1.29, 1.82) is 0 Å². The first-order chi connectivity index (χ1) is 20.9. The number of ether oxygens (including phenoxy) is 2. The molecule has 2 heterocycles. The number of benzene rings is 3. The van der Waals surface area contributed by atoms with E-state index in [1.54, 1.807) is 62.4 Å². The minimum atomic E-state index is -2.13. The van der Waals surface area contributed by atoms with Gasteiger partial charge in [-0.2, -0.15) is 0 Å². The second-order valence-electron chi connectivity index (χ2n) is 11.1. The summed E-state index contributed by atoms with van der Waals surface area (Å²) in [5.74, 6) is -2.87. The third-order valence-electron chi connectivity index (χ3n) is 8.76. The van der Waals surface area contributed by atoms with E-state index < -0.39 is 47.2 Å². The highest BCUT2D eigenvalue weighted by molar-refractivity contribution is 6.30. The van der Waals surface area contributed by atoms with Crippen LogP contribution in [0.15, 0.2) is 60.7 Å². The Morgan fingerprint density at radius 2 is 1.66 bits per heavy atom. The first-order valence-corrected chi connectivity index (χ1v) is 15.2. The van der Waals surface area contributed by atoms with E-state index in [0.29, 0.717) is 21.2 Å². The van der Waals surface area contributed by atoms with Crippen molar-refractivity contribution in [3.63, 3.8) is 0 Å². The third kappa shape index (κ3) is 5.28. The zero-order valence-corrected chi connectivity index (χ0v) is 25.8. The van der Waals surface area contributed by atoms with E-state index in [1.807, 2.05) is 0 Å². The summed E-state index contributed by atoms with van der Waals surface area (Å²) in [7, 11) is 0. The number of carbonyl (C=O) groups is 2. The number of hydrogen-bond donors (Lipinski definition) is 2. The molecule has 5 rings (SSSR count). The van der Waals surface area contributed by atoms with Gasteiger partial charge in [0.1, 0.15) is 17.1 Å². The lowest BCUT2D eigenvalue weighted by Crippen LogP contribution is -2.51. The second-order valence-corrected chi connectivity index (χ2v) is 12.0. The SMILES string of the molecule is CCO[C@]1(c2ccc(Cl)cc2)c2c(F)cc(C(O)(CC)C3(F)CCOCC3)cc2C(=O)N1[C@@H](CC(=O)O)c1ccc(Cl)cc1. The Hall–Kier alpha value is -3.08. The van der Waals surface area contributed by atoms with Crippen LogP contribution in [0.5, 0.6) is 0 Å². The summed E-state index contributed by atoms with van der Waals surface area (Å²) in [4.78, 5) is 28.1. The minimum absolute atomic E-state index is 0.0000638. The van der Waals surface area contributed by atoms with Gasteiger partial charge in [0.2, 0.25) is 0 Å². The van der Waals surface area contributed by atoms with Crippen LogP contribution in [0.3, 0.4) is 0 Å². The predicted molar refractivity (Wildman–Crippen MR) is 161 cm³/mol. The Balaban J connectivity index is 1.80. The zero-order valence-electron chi connectivity index (χ0n) is 24.3. The Morgan fingerprint density at radius 3 is 2.20 bits per heavy atom. The number of carboxylic acid groups (broad SMARTS) is 1. The van der Waals surface area contributed by atoms with Gasteiger partial charge < -0.3 is 19.7 Å². The van der Waals surface area contributed by atoms with E-state index in [0.717, 1.165) is 6.07 Å². The fourth-order valence-corrected chi connectivity index (χ4v) is 6.85. The quantitative estimate of drug-likeness (QED) is 0.242. The number of aliphatic hydroxyl groups is 1. The monoisotopic (exact) mass is 647 g/mol. The third-order valence-corrected chi connectivity index (χ3v) is 9.26. The fraction of sp³-hybridized carbons (Fsp3) is 0.394. The van der Waals surface area contributed by atoms with Crippen LogP contribution in [0.2, 0.25) is 10.0 Å². The van der Waals surface area contributed by atoms with Crippen molar-refractivity contribution in [2.24, 2.45) is 0 Å². The van der Waals surface area contributed by atoms with Crippen LogP contribution >= 0.6 is 23.2 Å². The van der Waals surface area contributed by atoms with Crippen LogP contribution in [-0.4, -0.2) is 52.5 Å². The van der Waals surface area contributed by atoms with Crippen molar-refractivity contribution in [3.8, 4) is 0 Å². The van der Waals surface area contributed by atoms with Gasteiger partial charge >= 0.3 is 5.97 Å². The molecule has 3 aromatic carbocycles. The molecule has 1 saturated heterocycles. The molecule has 3 aromatic rings. The lowest BCUT2D eigenvalue weighted by atomic mass is 9.72. The molecule has 2 aliphatic heterocycles. The lowest BCUT2D eigenvalue weighted by molar-refractivity contribution is -0.155. The number of alkyl halides is 1. The maximum Gasteiger partial charge on any atom is 0.305 e. The molecular weight excluding hydrogens is 615 g/mol. The first kappa shape index (κ1) is 32.3. The van der Waals surface area contributed by atoms with Crippen LogP contribution in [0, 0.1) is 5.82 Å². The van der Waals surface area contributed by atoms with Crippen LogP contribution < -0.4 is 0 Å². The molecule has 0 aromatic heterocycles. The van der Waals surface area contributed by atoms with Crippen molar-refractivity contribution in [2.75, 3.05) is 19.8 Å². The summed E-state index contributed by atoms with van der Waals surface area (Å²) in [5, 5.41) is 22.6. The van der Waals surface area contributed by atoms with Crippen LogP contribution in [-0.2, 0) is 25.6 Å². The molecule has 1 fully saturated rings. The van der Waals surface area contributed by atoms with Crippen molar-refractivity contribution < 1.29 is 38.1 Å². The maximum atomic E-state index is 16.7. The molecule has 1 amide bonds. The van der Waals surface area contributed by atoms with Gasteiger partial charge in [-0.15, -0.1) is 0 Å². The van der Waals surface area contributed by atoms with Crippen molar-refractivity contribution in [3.05, 3.63) is 104 Å². The van der Waals surface area contributed by atoms with Crippen molar-refractivity contribution in [2.45, 2.75) is 62.6 Å². The standard InChI is InChI=1S/C33H33Cl2F2NO6/c1-3-32(42,31(37)13-15-43-16-14-31)22-17-25-29(26(36)18-22)33(44-4-2,21-7-11-24(35)12-8-21)38(30(25)41)27(19-28(39)40)20-5-9-23(34)10-6-20/h5-12,17-18,27,42H,3-4,13-16,19H2,1-2H3,(H,39,40)/t27-,32?,33+/m0/s1. The number of carbonyl (C=O) groups excluding carboxylic acids is 1. The molecule has 234 valence electrons. The molecule has 0 saturated carbocycles. The summed E-state index contributed by atoms with van der Waals surface area (Å²) in [6.45, 7) is 3.44. The van der Waals surface area contributed by atoms with Gasteiger partial charge in [0.15, 0.2) is 5.72 Å². The average molecular weight is 649 g/mol. The van der Waals surface area contributed by atoms with Gasteiger partial charge in [-0.05, 0) is 60.9 Å². The minimum Gasteiger partial charge on any atom is -0.481 e. The van der Waals surface area contributed by atoms with E-state index in [2.05, 4.69) is 0 Å². The zero-order chi connectivity index (χ0) is 31.9. The van der Waals surface area contributed by atoms with E-state index in [4.69, 9.17) is 32.7 Å². The number of carboxylic acids is 1. The highest BCUT2D eigenvalue weighted by Crippen LogP contribution is 2.53. The molecule has 44 heavy (non-hydrogen) atoms. The van der Waals surface area contributed by atoms with E-state index in [1.165, 1.54) is 11.0 Å². The molecule has 3 atom stereocenters. The largest absolute Gasteiger partial charge is 0.481 e. The average Bonchev–Trinajstić information content (AvgIpc) is 3.25. The smallest absolute Gasteiger partial charge is 0.305 e. The van der Waals surface area contributed by atoms with Gasteiger partial charge in [-0.25, -0.2) is 8.78 Å². The number of nitrogens with zero attached hydrogens (tertiary/aromatic N) is 1. The summed E-state index contributed by atoms with van der Waals surface area (Å²) in [6.07, 6.45) is -0.868. The van der Waals surface area contributed by atoms with Crippen LogP contribution in [0.25, 0.3) is 0 Å². The molecule has 7 nitrogen and oxygen atoms in total. The summed E-state index contributed by atoms with van der Waals surface area (Å²) >= 11 is 12.3. The van der Waals surface area contributed by atoms with E-state index in [-0.39, 0.29) is 55.8 Å². The second kappa shape index (κ2) is 12.4. The molecule has 2 aliphatic rings. The van der Waals surface area contributed by atoms with E-state index in [9.17, 15) is 19.8 Å². The Kier molecular flexibility index (Phi) is 9.08. The van der Waals surface area contributed by atoms with Gasteiger partial charge in [-0.1, -0.05) is 54.4 Å². The van der Waals surface area contributed by atoms with Crippen LogP contribution in [0.1, 0.15) is 78.2 Å². The Morgan fingerprint density at radius 1 is 1.07 bits per heavy atom.